The van der Waals surface area contributed by atoms with Gasteiger partial charge in [-0.2, -0.15) is 0 Å². The van der Waals surface area contributed by atoms with Gasteiger partial charge in [-0.25, -0.2) is 19.9 Å². The molecule has 4 aromatic rings. The number of carbonyl (C=O) groups excluding carboxylic acids is 1. The summed E-state index contributed by atoms with van der Waals surface area (Å²) in [5.74, 6) is 2.25. The van der Waals surface area contributed by atoms with Crippen molar-refractivity contribution >= 4 is 34.3 Å². The van der Waals surface area contributed by atoms with Crippen molar-refractivity contribution in [2.75, 3.05) is 23.7 Å². The minimum atomic E-state index is -0.276. The van der Waals surface area contributed by atoms with Gasteiger partial charge in [0.15, 0.2) is 0 Å². The van der Waals surface area contributed by atoms with Gasteiger partial charge in [0.1, 0.15) is 29.8 Å². The van der Waals surface area contributed by atoms with Crippen molar-refractivity contribution in [1.82, 2.24) is 29.8 Å². The summed E-state index contributed by atoms with van der Waals surface area (Å²) < 4.78 is 1.30. The molecule has 0 radical (unpaired) electrons. The van der Waals surface area contributed by atoms with Gasteiger partial charge in [0.05, 0.1) is 17.2 Å². The van der Waals surface area contributed by atoms with Gasteiger partial charge in [0, 0.05) is 25.4 Å². The van der Waals surface area contributed by atoms with Gasteiger partial charge in [-0.05, 0) is 31.2 Å². The summed E-state index contributed by atoms with van der Waals surface area (Å²) in [5.41, 5.74) is 0.365. The molecule has 32 heavy (non-hydrogen) atoms. The molecule has 0 aliphatic carbocycles. The Hall–Kier alpha value is -4.34. The predicted molar refractivity (Wildman–Crippen MR) is 122 cm³/mol. The first-order valence-corrected chi connectivity index (χ1v) is 10.1. The third-order valence-corrected chi connectivity index (χ3v) is 4.56. The lowest BCUT2D eigenvalue weighted by Gasteiger charge is -2.11. The van der Waals surface area contributed by atoms with Crippen molar-refractivity contribution in [3.8, 4) is 0 Å². The summed E-state index contributed by atoms with van der Waals surface area (Å²) in [4.78, 5) is 41.9. The summed E-state index contributed by atoms with van der Waals surface area (Å²) in [5, 5.41) is 9.56. The van der Waals surface area contributed by atoms with E-state index < -0.39 is 0 Å². The Morgan fingerprint density at radius 2 is 1.78 bits per heavy atom. The molecule has 0 spiro atoms. The largest absolute Gasteiger partial charge is 0.368 e. The summed E-state index contributed by atoms with van der Waals surface area (Å²) in [6.45, 7) is 2.52. The van der Waals surface area contributed by atoms with Gasteiger partial charge < -0.3 is 16.0 Å². The van der Waals surface area contributed by atoms with E-state index in [0.29, 0.717) is 47.3 Å². The molecule has 0 saturated heterocycles. The lowest BCUT2D eigenvalue weighted by molar-refractivity contribution is -0.121. The summed E-state index contributed by atoms with van der Waals surface area (Å²) in [7, 11) is 0. The van der Waals surface area contributed by atoms with Crippen LogP contribution < -0.4 is 21.5 Å². The number of rotatable bonds is 8. The molecule has 1 amide bonds. The van der Waals surface area contributed by atoms with Crippen molar-refractivity contribution < 1.29 is 4.79 Å². The van der Waals surface area contributed by atoms with Crippen molar-refractivity contribution in [2.45, 2.75) is 13.5 Å². The lowest BCUT2D eigenvalue weighted by Crippen LogP contribution is -2.35. The van der Waals surface area contributed by atoms with E-state index in [2.05, 4.69) is 35.9 Å². The van der Waals surface area contributed by atoms with Crippen molar-refractivity contribution in [3.05, 3.63) is 77.2 Å². The number of fused-ring (bicyclic) bond motifs is 1. The molecule has 1 aromatic carbocycles. The fourth-order valence-corrected chi connectivity index (χ4v) is 3.11. The van der Waals surface area contributed by atoms with Crippen LogP contribution in [0.15, 0.2) is 65.8 Å². The third-order valence-electron chi connectivity index (χ3n) is 4.56. The molecule has 0 atom stereocenters. The van der Waals surface area contributed by atoms with E-state index >= 15 is 0 Å². The molecule has 0 fully saturated rings. The Kier molecular flexibility index (Phi) is 6.30. The fraction of sp³-hybridized carbons (Fsp3) is 0.182. The maximum Gasteiger partial charge on any atom is 0.261 e. The normalized spacial score (nSPS) is 10.7. The van der Waals surface area contributed by atoms with Crippen LogP contribution in [0.4, 0.5) is 17.5 Å². The Bertz CT molecular complexity index is 1290. The number of benzene rings is 1. The maximum absolute atomic E-state index is 12.5. The first-order chi connectivity index (χ1) is 15.6. The first-order valence-electron chi connectivity index (χ1n) is 10.1. The summed E-state index contributed by atoms with van der Waals surface area (Å²) in [6.07, 6.45) is 3.09. The number of hydrogen-bond donors (Lipinski definition) is 3. The third kappa shape index (κ3) is 5.22. The molecule has 0 aliphatic heterocycles. The standard InChI is InChI=1S/C22H22N8O2/c1-15-27-19(12-20(28-15)29-18-8-4-5-9-23-18)24-10-11-25-21(31)13-30-14-26-17-7-3-2-6-16(17)22(30)32/h2-9,12,14H,10-11,13H2,1H3,(H,25,31)(H2,23,24,27,28,29). The first kappa shape index (κ1) is 20.9. The number of amides is 1. The molecule has 10 nitrogen and oxygen atoms in total. The highest BCUT2D eigenvalue weighted by molar-refractivity contribution is 5.78. The molecule has 3 aromatic heterocycles. The zero-order chi connectivity index (χ0) is 22.3. The number of carbonyl (C=O) groups is 1. The van der Waals surface area contributed by atoms with Gasteiger partial charge in [0.25, 0.3) is 5.56 Å². The maximum atomic E-state index is 12.5. The van der Waals surface area contributed by atoms with E-state index in [4.69, 9.17) is 0 Å². The number of aryl methyl sites for hydroxylation is 1. The molecule has 3 N–H and O–H groups in total. The van der Waals surface area contributed by atoms with Gasteiger partial charge in [0.2, 0.25) is 5.91 Å². The molecule has 0 bridgehead atoms. The monoisotopic (exact) mass is 430 g/mol. The summed E-state index contributed by atoms with van der Waals surface area (Å²) in [6, 6.07) is 14.4. The van der Waals surface area contributed by atoms with Crippen LogP contribution in [0.1, 0.15) is 5.82 Å². The highest BCUT2D eigenvalue weighted by Gasteiger charge is 2.08. The minimum absolute atomic E-state index is 0.0958. The topological polar surface area (TPSA) is 127 Å². The van der Waals surface area contributed by atoms with Gasteiger partial charge in [-0.1, -0.05) is 18.2 Å². The summed E-state index contributed by atoms with van der Waals surface area (Å²) >= 11 is 0. The van der Waals surface area contributed by atoms with Crippen molar-refractivity contribution in [3.63, 3.8) is 0 Å². The molecule has 4 rings (SSSR count). The van der Waals surface area contributed by atoms with Crippen LogP contribution in [0.2, 0.25) is 0 Å². The molecular weight excluding hydrogens is 408 g/mol. The lowest BCUT2D eigenvalue weighted by atomic mass is 10.2. The smallest absolute Gasteiger partial charge is 0.261 e. The van der Waals surface area contributed by atoms with Crippen LogP contribution >= 0.6 is 0 Å². The number of anilines is 3. The second-order valence-corrected chi connectivity index (χ2v) is 7.00. The second kappa shape index (κ2) is 9.65. The number of aromatic nitrogens is 5. The van der Waals surface area contributed by atoms with E-state index in [9.17, 15) is 9.59 Å². The number of hydrogen-bond acceptors (Lipinski definition) is 8. The Morgan fingerprint density at radius 1 is 0.969 bits per heavy atom. The molecule has 10 heteroatoms. The van der Waals surface area contributed by atoms with Crippen LogP contribution in [0.25, 0.3) is 10.9 Å². The number of nitrogens with zero attached hydrogens (tertiary/aromatic N) is 5. The van der Waals surface area contributed by atoms with Crippen LogP contribution in [0.5, 0.6) is 0 Å². The van der Waals surface area contributed by atoms with Gasteiger partial charge in [-0.15, -0.1) is 0 Å². The van der Waals surface area contributed by atoms with E-state index in [1.807, 2.05) is 24.3 Å². The SMILES string of the molecule is Cc1nc(NCCNC(=O)Cn2cnc3ccccc3c2=O)cc(Nc2ccccn2)n1. The Morgan fingerprint density at radius 3 is 2.62 bits per heavy atom. The van der Waals surface area contributed by atoms with E-state index in [1.165, 1.54) is 10.9 Å². The number of pyridine rings is 1. The van der Waals surface area contributed by atoms with E-state index in [-0.39, 0.29) is 18.0 Å². The van der Waals surface area contributed by atoms with Crippen molar-refractivity contribution in [1.29, 1.82) is 0 Å². The Labute approximate surface area is 183 Å². The Balaban J connectivity index is 1.29. The van der Waals surface area contributed by atoms with E-state index in [0.717, 1.165) is 0 Å². The molecule has 162 valence electrons. The molecule has 0 unspecified atom stereocenters. The highest BCUT2D eigenvalue weighted by Crippen LogP contribution is 2.15. The molecule has 0 saturated carbocycles. The average molecular weight is 430 g/mol. The van der Waals surface area contributed by atoms with Gasteiger partial charge in [-0.3, -0.25) is 14.2 Å². The van der Waals surface area contributed by atoms with Crippen LogP contribution in [-0.2, 0) is 11.3 Å². The van der Waals surface area contributed by atoms with Crippen LogP contribution in [-0.4, -0.2) is 43.5 Å². The zero-order valence-electron chi connectivity index (χ0n) is 17.4. The number of nitrogens with one attached hydrogen (secondary N) is 3. The molecule has 3 heterocycles. The zero-order valence-corrected chi connectivity index (χ0v) is 17.4. The van der Waals surface area contributed by atoms with Crippen LogP contribution in [0.3, 0.4) is 0 Å². The number of para-hydroxylation sites is 1. The molecular formula is C22H22N8O2. The molecule has 0 aliphatic rings. The van der Waals surface area contributed by atoms with Gasteiger partial charge >= 0.3 is 0 Å². The average Bonchev–Trinajstić information content (AvgIpc) is 2.79. The van der Waals surface area contributed by atoms with E-state index in [1.54, 1.807) is 37.4 Å². The predicted octanol–water partition coefficient (Wildman–Crippen LogP) is 1.86. The van der Waals surface area contributed by atoms with Crippen LogP contribution in [0, 0.1) is 6.92 Å². The highest BCUT2D eigenvalue weighted by atomic mass is 16.2. The fourth-order valence-electron chi connectivity index (χ4n) is 3.11. The van der Waals surface area contributed by atoms with Crippen molar-refractivity contribution in [2.24, 2.45) is 0 Å². The second-order valence-electron chi connectivity index (χ2n) is 7.00. The quantitative estimate of drug-likeness (QED) is 0.362. The minimum Gasteiger partial charge on any atom is -0.368 e.